The number of hydrogen-bond acceptors (Lipinski definition) is 2. The summed E-state index contributed by atoms with van der Waals surface area (Å²) in [5.74, 6) is 0.243. The molecule has 0 atom stereocenters. The van der Waals surface area contributed by atoms with Crippen LogP contribution >= 0.6 is 0 Å². The second-order valence-electron chi connectivity index (χ2n) is 6.28. The Labute approximate surface area is 138 Å². The number of amides is 1. The zero-order valence-electron chi connectivity index (χ0n) is 13.7. The molecule has 2 aromatic rings. The first-order valence-electron chi connectivity index (χ1n) is 8.33. The Balaban J connectivity index is 1.63. The summed E-state index contributed by atoms with van der Waals surface area (Å²) in [5, 5.41) is 0. The van der Waals surface area contributed by atoms with Gasteiger partial charge in [0, 0.05) is 19.6 Å². The van der Waals surface area contributed by atoms with Gasteiger partial charge in [-0.1, -0.05) is 54.6 Å². The maximum absolute atomic E-state index is 12.5. The highest BCUT2D eigenvalue weighted by molar-refractivity contribution is 5.79. The van der Waals surface area contributed by atoms with E-state index in [4.69, 9.17) is 0 Å². The molecule has 0 aromatic heterocycles. The minimum Gasteiger partial charge on any atom is -0.341 e. The maximum atomic E-state index is 12.5. The Morgan fingerprint density at radius 1 is 0.870 bits per heavy atom. The van der Waals surface area contributed by atoms with Gasteiger partial charge in [0.2, 0.25) is 5.91 Å². The Kier molecular flexibility index (Phi) is 5.09. The van der Waals surface area contributed by atoms with E-state index in [0.717, 1.165) is 38.2 Å². The molecule has 120 valence electrons. The number of rotatable bonds is 3. The number of likely N-dealkylation sites (N-methyl/N-ethyl adjacent to an activating group) is 1. The molecule has 1 saturated heterocycles. The zero-order chi connectivity index (χ0) is 16.1. The van der Waals surface area contributed by atoms with Crippen molar-refractivity contribution < 1.29 is 4.79 Å². The first-order valence-corrected chi connectivity index (χ1v) is 8.33. The van der Waals surface area contributed by atoms with Crippen LogP contribution in [0.2, 0.25) is 0 Å². The molecule has 1 aliphatic heterocycles. The van der Waals surface area contributed by atoms with Gasteiger partial charge in [0.05, 0.1) is 6.42 Å². The lowest BCUT2D eigenvalue weighted by Gasteiger charge is -2.20. The normalized spacial score (nSPS) is 16.1. The van der Waals surface area contributed by atoms with Crippen LogP contribution in [0.3, 0.4) is 0 Å². The van der Waals surface area contributed by atoms with Crippen molar-refractivity contribution in [2.75, 3.05) is 33.2 Å². The number of hydrogen-bond donors (Lipinski definition) is 0. The highest BCUT2D eigenvalue weighted by atomic mass is 16.2. The van der Waals surface area contributed by atoms with Crippen molar-refractivity contribution in [2.24, 2.45) is 0 Å². The number of carbonyl (C=O) groups excluding carboxylic acids is 1. The zero-order valence-corrected chi connectivity index (χ0v) is 13.7. The van der Waals surface area contributed by atoms with Crippen LogP contribution in [-0.2, 0) is 11.2 Å². The van der Waals surface area contributed by atoms with Gasteiger partial charge >= 0.3 is 0 Å². The first kappa shape index (κ1) is 15.8. The standard InChI is InChI=1S/C20H24N2O/c1-21-12-5-13-22(15-14-21)20(23)16-17-8-10-19(11-9-17)18-6-3-2-4-7-18/h2-4,6-11H,5,12-16H2,1H3. The molecule has 0 spiro atoms. The summed E-state index contributed by atoms with van der Waals surface area (Å²) in [6.07, 6.45) is 1.56. The van der Waals surface area contributed by atoms with Crippen molar-refractivity contribution in [2.45, 2.75) is 12.8 Å². The maximum Gasteiger partial charge on any atom is 0.227 e. The summed E-state index contributed by atoms with van der Waals surface area (Å²) in [6, 6.07) is 18.7. The third-order valence-corrected chi connectivity index (χ3v) is 4.49. The van der Waals surface area contributed by atoms with Gasteiger partial charge in [0.25, 0.3) is 0 Å². The van der Waals surface area contributed by atoms with Crippen molar-refractivity contribution in [3.05, 3.63) is 60.2 Å². The van der Waals surface area contributed by atoms with Crippen molar-refractivity contribution >= 4 is 5.91 Å². The van der Waals surface area contributed by atoms with Crippen molar-refractivity contribution in [3.8, 4) is 11.1 Å². The van der Waals surface area contributed by atoms with E-state index in [-0.39, 0.29) is 5.91 Å². The average molecular weight is 308 g/mol. The second-order valence-corrected chi connectivity index (χ2v) is 6.28. The van der Waals surface area contributed by atoms with Gasteiger partial charge in [-0.15, -0.1) is 0 Å². The summed E-state index contributed by atoms with van der Waals surface area (Å²) in [6.45, 7) is 3.77. The monoisotopic (exact) mass is 308 g/mol. The molecule has 0 N–H and O–H groups in total. The lowest BCUT2D eigenvalue weighted by Crippen LogP contribution is -2.35. The van der Waals surface area contributed by atoms with E-state index in [1.54, 1.807) is 0 Å². The molecule has 1 fully saturated rings. The molecular formula is C20H24N2O. The third-order valence-electron chi connectivity index (χ3n) is 4.49. The van der Waals surface area contributed by atoms with Crippen LogP contribution in [0.1, 0.15) is 12.0 Å². The molecule has 23 heavy (non-hydrogen) atoms. The van der Waals surface area contributed by atoms with Gasteiger partial charge in [-0.25, -0.2) is 0 Å². The molecule has 1 heterocycles. The largest absolute Gasteiger partial charge is 0.341 e. The summed E-state index contributed by atoms with van der Waals surface area (Å²) in [5.41, 5.74) is 3.49. The summed E-state index contributed by atoms with van der Waals surface area (Å²) in [7, 11) is 2.12. The fourth-order valence-corrected chi connectivity index (χ4v) is 3.03. The fraction of sp³-hybridized carbons (Fsp3) is 0.350. The van der Waals surface area contributed by atoms with Crippen molar-refractivity contribution in [3.63, 3.8) is 0 Å². The molecule has 1 amide bonds. The van der Waals surface area contributed by atoms with Gasteiger partial charge in [-0.3, -0.25) is 4.79 Å². The number of benzene rings is 2. The van der Waals surface area contributed by atoms with Gasteiger partial charge in [-0.2, -0.15) is 0 Å². The molecule has 0 aliphatic carbocycles. The molecule has 0 radical (unpaired) electrons. The number of nitrogens with zero attached hydrogens (tertiary/aromatic N) is 2. The third kappa shape index (κ3) is 4.20. The van der Waals surface area contributed by atoms with Crippen LogP contribution in [-0.4, -0.2) is 48.9 Å². The highest BCUT2D eigenvalue weighted by Crippen LogP contribution is 2.19. The molecule has 0 unspecified atom stereocenters. The molecular weight excluding hydrogens is 284 g/mol. The lowest BCUT2D eigenvalue weighted by atomic mass is 10.0. The molecule has 3 rings (SSSR count). The van der Waals surface area contributed by atoms with Crippen LogP contribution in [0.25, 0.3) is 11.1 Å². The van der Waals surface area contributed by atoms with Crippen molar-refractivity contribution in [1.82, 2.24) is 9.80 Å². The fourth-order valence-electron chi connectivity index (χ4n) is 3.03. The molecule has 2 aromatic carbocycles. The van der Waals surface area contributed by atoms with Crippen LogP contribution in [0.5, 0.6) is 0 Å². The molecule has 0 saturated carbocycles. The molecule has 0 bridgehead atoms. The Morgan fingerprint density at radius 3 is 2.30 bits per heavy atom. The molecule has 3 heteroatoms. The SMILES string of the molecule is CN1CCCN(C(=O)Cc2ccc(-c3ccccc3)cc2)CC1. The summed E-state index contributed by atoms with van der Waals surface area (Å²) >= 11 is 0. The van der Waals surface area contributed by atoms with E-state index in [0.29, 0.717) is 6.42 Å². The Hall–Kier alpha value is -2.13. The van der Waals surface area contributed by atoms with Crippen LogP contribution in [0.15, 0.2) is 54.6 Å². The van der Waals surface area contributed by atoms with E-state index >= 15 is 0 Å². The molecule has 3 nitrogen and oxygen atoms in total. The second kappa shape index (κ2) is 7.42. The van der Waals surface area contributed by atoms with Crippen LogP contribution < -0.4 is 0 Å². The smallest absolute Gasteiger partial charge is 0.227 e. The van der Waals surface area contributed by atoms with Gasteiger partial charge in [-0.05, 0) is 36.7 Å². The van der Waals surface area contributed by atoms with E-state index in [2.05, 4.69) is 48.3 Å². The van der Waals surface area contributed by atoms with E-state index in [9.17, 15) is 4.79 Å². The first-order chi connectivity index (χ1) is 11.2. The predicted molar refractivity (Wildman–Crippen MR) is 94.3 cm³/mol. The topological polar surface area (TPSA) is 23.6 Å². The van der Waals surface area contributed by atoms with E-state index < -0.39 is 0 Å². The van der Waals surface area contributed by atoms with Crippen LogP contribution in [0.4, 0.5) is 0 Å². The molecule has 1 aliphatic rings. The van der Waals surface area contributed by atoms with Gasteiger partial charge < -0.3 is 9.80 Å². The Morgan fingerprint density at radius 2 is 1.57 bits per heavy atom. The van der Waals surface area contributed by atoms with E-state index in [1.807, 2.05) is 23.1 Å². The summed E-state index contributed by atoms with van der Waals surface area (Å²) < 4.78 is 0. The average Bonchev–Trinajstić information content (AvgIpc) is 2.81. The minimum absolute atomic E-state index is 0.243. The predicted octanol–water partition coefficient (Wildman–Crippen LogP) is 3.06. The highest BCUT2D eigenvalue weighted by Gasteiger charge is 2.17. The van der Waals surface area contributed by atoms with Crippen LogP contribution in [0, 0.1) is 0 Å². The minimum atomic E-state index is 0.243. The number of carbonyl (C=O) groups is 1. The Bertz CT molecular complexity index is 636. The van der Waals surface area contributed by atoms with Gasteiger partial charge in [0.1, 0.15) is 0 Å². The summed E-state index contributed by atoms with van der Waals surface area (Å²) in [4.78, 5) is 16.8. The van der Waals surface area contributed by atoms with Gasteiger partial charge in [0.15, 0.2) is 0 Å². The van der Waals surface area contributed by atoms with Crippen molar-refractivity contribution in [1.29, 1.82) is 0 Å². The van der Waals surface area contributed by atoms with E-state index in [1.165, 1.54) is 11.1 Å². The quantitative estimate of drug-likeness (QED) is 0.870. The lowest BCUT2D eigenvalue weighted by molar-refractivity contribution is -0.130.